The molecule has 3 heteroatoms. The molecule has 0 amide bonds. The Balaban J connectivity index is 1.98. The monoisotopic (exact) mass is 267 g/mol. The lowest BCUT2D eigenvalue weighted by molar-refractivity contribution is 0.127. The van der Waals surface area contributed by atoms with Crippen LogP contribution in [0.3, 0.4) is 0 Å². The van der Waals surface area contributed by atoms with Crippen molar-refractivity contribution in [2.24, 2.45) is 11.3 Å². The molecule has 19 heavy (non-hydrogen) atoms. The van der Waals surface area contributed by atoms with Crippen molar-refractivity contribution in [3.63, 3.8) is 0 Å². The summed E-state index contributed by atoms with van der Waals surface area (Å²) >= 11 is 0. The van der Waals surface area contributed by atoms with Crippen LogP contribution in [-0.2, 0) is 6.42 Å². The maximum atomic E-state index is 13.7. The van der Waals surface area contributed by atoms with Crippen molar-refractivity contribution < 1.29 is 8.78 Å². The number of rotatable bonds is 6. The van der Waals surface area contributed by atoms with E-state index >= 15 is 0 Å². The SMILES string of the molecule is CC(C)CNCC1(Cc2ccc(F)cc2F)CCC1. The fourth-order valence-electron chi connectivity index (χ4n) is 2.79. The standard InChI is InChI=1S/C16H23F2N/c1-12(2)10-19-11-16(6-3-7-16)9-13-4-5-14(17)8-15(13)18/h4-5,8,12,19H,3,6-7,9-11H2,1-2H3. The average Bonchev–Trinajstić information content (AvgIpc) is 2.28. The minimum atomic E-state index is -0.498. The Labute approximate surface area is 114 Å². The molecule has 1 saturated carbocycles. The van der Waals surface area contributed by atoms with Gasteiger partial charge in [0.15, 0.2) is 0 Å². The largest absolute Gasteiger partial charge is 0.316 e. The van der Waals surface area contributed by atoms with Gasteiger partial charge in [0.05, 0.1) is 0 Å². The highest BCUT2D eigenvalue weighted by Crippen LogP contribution is 2.43. The Morgan fingerprint density at radius 1 is 1.26 bits per heavy atom. The number of hydrogen-bond donors (Lipinski definition) is 1. The van der Waals surface area contributed by atoms with Gasteiger partial charge in [-0.1, -0.05) is 26.3 Å². The Hall–Kier alpha value is -0.960. The molecule has 0 bridgehead atoms. The predicted octanol–water partition coefficient (Wildman–Crippen LogP) is 3.92. The van der Waals surface area contributed by atoms with Gasteiger partial charge in [-0.15, -0.1) is 0 Å². The molecule has 0 unspecified atom stereocenters. The number of hydrogen-bond acceptors (Lipinski definition) is 1. The van der Waals surface area contributed by atoms with Gasteiger partial charge in [0, 0.05) is 12.6 Å². The first-order valence-corrected chi connectivity index (χ1v) is 7.15. The summed E-state index contributed by atoms with van der Waals surface area (Å²) in [4.78, 5) is 0. The number of benzene rings is 1. The molecule has 0 aromatic heterocycles. The summed E-state index contributed by atoms with van der Waals surface area (Å²) in [6, 6.07) is 3.93. The van der Waals surface area contributed by atoms with E-state index in [4.69, 9.17) is 0 Å². The third-order valence-corrected chi connectivity index (χ3v) is 4.05. The molecule has 0 saturated heterocycles. The van der Waals surface area contributed by atoms with Crippen LogP contribution in [0.5, 0.6) is 0 Å². The molecule has 106 valence electrons. The third kappa shape index (κ3) is 3.75. The molecule has 0 spiro atoms. The highest BCUT2D eigenvalue weighted by molar-refractivity contribution is 5.21. The summed E-state index contributed by atoms with van der Waals surface area (Å²) in [5.41, 5.74) is 0.820. The fourth-order valence-corrected chi connectivity index (χ4v) is 2.79. The van der Waals surface area contributed by atoms with Crippen LogP contribution in [0.25, 0.3) is 0 Å². The number of nitrogens with one attached hydrogen (secondary N) is 1. The molecule has 0 heterocycles. The molecule has 1 aliphatic carbocycles. The predicted molar refractivity (Wildman–Crippen MR) is 74.1 cm³/mol. The molecule has 0 radical (unpaired) electrons. The highest BCUT2D eigenvalue weighted by Gasteiger charge is 2.37. The second kappa shape index (κ2) is 6.00. The molecular weight excluding hydrogens is 244 g/mol. The Morgan fingerprint density at radius 3 is 2.53 bits per heavy atom. The van der Waals surface area contributed by atoms with Gasteiger partial charge in [-0.3, -0.25) is 0 Å². The summed E-state index contributed by atoms with van der Waals surface area (Å²) in [5.74, 6) is -0.281. The van der Waals surface area contributed by atoms with Crippen LogP contribution in [0.1, 0.15) is 38.7 Å². The summed E-state index contributed by atoms with van der Waals surface area (Å²) in [7, 11) is 0. The molecule has 1 aliphatic rings. The summed E-state index contributed by atoms with van der Waals surface area (Å²) in [5, 5.41) is 3.48. The average molecular weight is 267 g/mol. The van der Waals surface area contributed by atoms with Crippen LogP contribution in [0.15, 0.2) is 18.2 Å². The Morgan fingerprint density at radius 2 is 2.00 bits per heavy atom. The first-order valence-electron chi connectivity index (χ1n) is 7.15. The zero-order valence-corrected chi connectivity index (χ0v) is 11.8. The van der Waals surface area contributed by atoms with Crippen LogP contribution in [0, 0.1) is 23.0 Å². The van der Waals surface area contributed by atoms with E-state index in [-0.39, 0.29) is 5.41 Å². The lowest BCUT2D eigenvalue weighted by Gasteiger charge is -2.42. The first-order chi connectivity index (χ1) is 9.01. The van der Waals surface area contributed by atoms with E-state index < -0.39 is 11.6 Å². The Kier molecular flexibility index (Phi) is 4.56. The molecule has 1 nitrogen and oxygen atoms in total. The first kappa shape index (κ1) is 14.4. The van der Waals surface area contributed by atoms with Gasteiger partial charge in [0.25, 0.3) is 0 Å². The molecule has 1 aromatic carbocycles. The van der Waals surface area contributed by atoms with Gasteiger partial charge in [0.1, 0.15) is 11.6 Å². The van der Waals surface area contributed by atoms with Gasteiger partial charge in [-0.25, -0.2) is 8.78 Å². The lowest BCUT2D eigenvalue weighted by atomic mass is 9.65. The summed E-state index contributed by atoms with van der Waals surface area (Å²) in [6.07, 6.45) is 4.19. The van der Waals surface area contributed by atoms with Gasteiger partial charge in [-0.2, -0.15) is 0 Å². The minimum absolute atomic E-state index is 0.174. The molecule has 1 aromatic rings. The molecular formula is C16H23F2N. The van der Waals surface area contributed by atoms with Crippen LogP contribution >= 0.6 is 0 Å². The van der Waals surface area contributed by atoms with Crippen molar-refractivity contribution in [2.45, 2.75) is 39.5 Å². The quantitative estimate of drug-likeness (QED) is 0.823. The van der Waals surface area contributed by atoms with Gasteiger partial charge < -0.3 is 5.32 Å². The zero-order valence-electron chi connectivity index (χ0n) is 11.8. The fraction of sp³-hybridized carbons (Fsp3) is 0.625. The number of halogens is 2. The van der Waals surface area contributed by atoms with E-state index in [9.17, 15) is 8.78 Å². The summed E-state index contributed by atoms with van der Waals surface area (Å²) in [6.45, 7) is 6.29. The van der Waals surface area contributed by atoms with Crippen molar-refractivity contribution in [3.05, 3.63) is 35.4 Å². The van der Waals surface area contributed by atoms with Crippen LogP contribution in [0.2, 0.25) is 0 Å². The van der Waals surface area contributed by atoms with Gasteiger partial charge in [0.2, 0.25) is 0 Å². The molecule has 1 fully saturated rings. The van der Waals surface area contributed by atoms with Gasteiger partial charge in [-0.05, 0) is 48.8 Å². The zero-order chi connectivity index (χ0) is 13.9. The van der Waals surface area contributed by atoms with E-state index in [1.807, 2.05) is 0 Å². The smallest absolute Gasteiger partial charge is 0.129 e. The minimum Gasteiger partial charge on any atom is -0.316 e. The van der Waals surface area contributed by atoms with Crippen LogP contribution in [-0.4, -0.2) is 13.1 Å². The van der Waals surface area contributed by atoms with Crippen molar-refractivity contribution in [1.29, 1.82) is 0 Å². The maximum absolute atomic E-state index is 13.7. The molecule has 2 rings (SSSR count). The third-order valence-electron chi connectivity index (χ3n) is 4.05. The van der Waals surface area contributed by atoms with Crippen LogP contribution < -0.4 is 5.32 Å². The van der Waals surface area contributed by atoms with E-state index in [1.165, 1.54) is 12.5 Å². The second-order valence-corrected chi connectivity index (χ2v) is 6.29. The molecule has 0 aliphatic heterocycles. The second-order valence-electron chi connectivity index (χ2n) is 6.29. The maximum Gasteiger partial charge on any atom is 0.129 e. The molecule has 0 atom stereocenters. The van der Waals surface area contributed by atoms with Crippen molar-refractivity contribution in [3.8, 4) is 0 Å². The van der Waals surface area contributed by atoms with E-state index in [0.29, 0.717) is 17.9 Å². The Bertz CT molecular complexity index is 425. The normalized spacial score (nSPS) is 17.5. The van der Waals surface area contributed by atoms with E-state index in [1.54, 1.807) is 6.07 Å². The highest BCUT2D eigenvalue weighted by atomic mass is 19.1. The van der Waals surface area contributed by atoms with Crippen molar-refractivity contribution >= 4 is 0 Å². The lowest BCUT2D eigenvalue weighted by Crippen LogP contribution is -2.42. The van der Waals surface area contributed by atoms with E-state index in [0.717, 1.165) is 32.0 Å². The van der Waals surface area contributed by atoms with Crippen molar-refractivity contribution in [2.75, 3.05) is 13.1 Å². The topological polar surface area (TPSA) is 12.0 Å². The van der Waals surface area contributed by atoms with Gasteiger partial charge >= 0.3 is 0 Å². The van der Waals surface area contributed by atoms with Crippen LogP contribution in [0.4, 0.5) is 8.78 Å². The summed E-state index contributed by atoms with van der Waals surface area (Å²) < 4.78 is 26.6. The van der Waals surface area contributed by atoms with E-state index in [2.05, 4.69) is 19.2 Å². The van der Waals surface area contributed by atoms with Crippen molar-refractivity contribution in [1.82, 2.24) is 5.32 Å². The molecule has 1 N–H and O–H groups in total.